The molecule has 0 radical (unpaired) electrons. The molecule has 0 saturated heterocycles. The summed E-state index contributed by atoms with van der Waals surface area (Å²) >= 11 is 5.85. The number of hydrogen-bond donors (Lipinski definition) is 2. The molecule has 0 aliphatic rings. The maximum atomic E-state index is 12.7. The molecule has 0 bridgehead atoms. The topological polar surface area (TPSA) is 75.6 Å². The average molecular weight is 364 g/mol. The number of carboxylic acids is 1. The third kappa shape index (κ3) is 6.38. The first kappa shape index (κ1) is 19.6. The summed E-state index contributed by atoms with van der Waals surface area (Å²) in [4.78, 5) is 22.3. The van der Waals surface area contributed by atoms with Crippen LogP contribution in [-0.4, -0.2) is 29.8 Å². The van der Waals surface area contributed by atoms with E-state index in [1.807, 2.05) is 0 Å². The van der Waals surface area contributed by atoms with Crippen molar-refractivity contribution in [2.75, 3.05) is 11.9 Å². The molecule has 0 fully saturated rings. The van der Waals surface area contributed by atoms with Crippen LogP contribution >= 0.6 is 11.6 Å². The molecule has 1 atom stereocenters. The molecule has 1 aromatic rings. The Hall–Kier alpha value is -2.40. The number of nitrogens with one attached hydrogen (secondary N) is 1. The highest BCUT2D eigenvalue weighted by molar-refractivity contribution is 6.32. The van der Waals surface area contributed by atoms with Crippen molar-refractivity contribution in [3.63, 3.8) is 0 Å². The van der Waals surface area contributed by atoms with Crippen molar-refractivity contribution in [2.45, 2.75) is 19.0 Å². The SMILES string of the molecule is C#CCOc1cc(NC(=O)CC(CC(=O)O)C(F)(F)F)ccc1Cl. The minimum atomic E-state index is -4.79. The number of carboxylic acid groups (broad SMARTS) is 1. The van der Waals surface area contributed by atoms with Crippen LogP contribution in [0.2, 0.25) is 5.02 Å². The molecule has 1 aromatic carbocycles. The van der Waals surface area contributed by atoms with Gasteiger partial charge >= 0.3 is 12.1 Å². The van der Waals surface area contributed by atoms with Gasteiger partial charge in [0.2, 0.25) is 5.91 Å². The fourth-order valence-corrected chi connectivity index (χ4v) is 1.93. The quantitative estimate of drug-likeness (QED) is 0.729. The Morgan fingerprint density at radius 3 is 2.58 bits per heavy atom. The number of carbonyl (C=O) groups is 2. The molecular formula is C15H13ClF3NO4. The van der Waals surface area contributed by atoms with Crippen molar-refractivity contribution < 1.29 is 32.6 Å². The number of benzene rings is 1. The molecule has 0 saturated carbocycles. The molecular weight excluding hydrogens is 351 g/mol. The van der Waals surface area contributed by atoms with E-state index in [2.05, 4.69) is 11.2 Å². The second-order valence-corrected chi connectivity index (χ2v) is 5.13. The summed E-state index contributed by atoms with van der Waals surface area (Å²) in [7, 11) is 0. The molecule has 5 nitrogen and oxygen atoms in total. The van der Waals surface area contributed by atoms with Crippen LogP contribution in [0.1, 0.15) is 12.8 Å². The van der Waals surface area contributed by atoms with Crippen LogP contribution in [0.3, 0.4) is 0 Å². The first-order chi connectivity index (χ1) is 11.1. The molecule has 130 valence electrons. The summed E-state index contributed by atoms with van der Waals surface area (Å²) < 4.78 is 43.3. The Labute approximate surface area is 140 Å². The third-order valence-electron chi connectivity index (χ3n) is 2.84. The second kappa shape index (κ2) is 8.45. The number of halogens is 4. The molecule has 1 amide bonds. The Morgan fingerprint density at radius 2 is 2.04 bits per heavy atom. The van der Waals surface area contributed by atoms with Crippen LogP contribution in [0, 0.1) is 18.3 Å². The smallest absolute Gasteiger partial charge is 0.392 e. The van der Waals surface area contributed by atoms with Crippen LogP contribution in [0.25, 0.3) is 0 Å². The average Bonchev–Trinajstić information content (AvgIpc) is 2.45. The predicted octanol–water partition coefficient (Wildman–Crippen LogP) is 3.33. The van der Waals surface area contributed by atoms with Crippen molar-refractivity contribution in [3.8, 4) is 18.1 Å². The van der Waals surface area contributed by atoms with Gasteiger partial charge < -0.3 is 15.2 Å². The minimum absolute atomic E-state index is 0.0775. The fourth-order valence-electron chi connectivity index (χ4n) is 1.76. The van der Waals surface area contributed by atoms with Crippen LogP contribution in [-0.2, 0) is 9.59 Å². The Balaban J connectivity index is 2.79. The van der Waals surface area contributed by atoms with E-state index in [9.17, 15) is 22.8 Å². The van der Waals surface area contributed by atoms with Gasteiger partial charge in [-0.2, -0.15) is 13.2 Å². The number of terminal acetylenes is 1. The van der Waals surface area contributed by atoms with Crippen molar-refractivity contribution in [3.05, 3.63) is 23.2 Å². The van der Waals surface area contributed by atoms with Crippen molar-refractivity contribution in [1.82, 2.24) is 0 Å². The number of alkyl halides is 3. The van der Waals surface area contributed by atoms with Gasteiger partial charge in [0.25, 0.3) is 0 Å². The second-order valence-electron chi connectivity index (χ2n) is 4.73. The molecule has 1 rings (SSSR count). The maximum absolute atomic E-state index is 12.7. The highest BCUT2D eigenvalue weighted by atomic mass is 35.5. The lowest BCUT2D eigenvalue weighted by Gasteiger charge is -2.18. The first-order valence-electron chi connectivity index (χ1n) is 6.57. The molecule has 0 aromatic heterocycles. The minimum Gasteiger partial charge on any atom is -0.481 e. The van der Waals surface area contributed by atoms with Crippen LogP contribution in [0.5, 0.6) is 5.75 Å². The largest absolute Gasteiger partial charge is 0.481 e. The zero-order valence-corrected chi connectivity index (χ0v) is 12.9. The van der Waals surface area contributed by atoms with Crippen molar-refractivity contribution in [1.29, 1.82) is 0 Å². The summed E-state index contributed by atoms with van der Waals surface area (Å²) in [6, 6.07) is 4.04. The van der Waals surface area contributed by atoms with Gasteiger partial charge in [-0.25, -0.2) is 0 Å². The van der Waals surface area contributed by atoms with Crippen LogP contribution in [0.15, 0.2) is 18.2 Å². The molecule has 0 heterocycles. The summed E-state index contributed by atoms with van der Waals surface area (Å²) in [6.07, 6.45) is -1.96. The monoisotopic (exact) mass is 363 g/mol. The predicted molar refractivity (Wildman–Crippen MR) is 80.8 cm³/mol. The van der Waals surface area contributed by atoms with E-state index in [0.29, 0.717) is 0 Å². The van der Waals surface area contributed by atoms with Crippen molar-refractivity contribution in [2.24, 2.45) is 5.92 Å². The molecule has 0 aliphatic heterocycles. The van der Waals surface area contributed by atoms with E-state index in [1.54, 1.807) is 0 Å². The van der Waals surface area contributed by atoms with Gasteiger partial charge in [0, 0.05) is 18.2 Å². The molecule has 2 N–H and O–H groups in total. The number of rotatable bonds is 7. The zero-order valence-electron chi connectivity index (χ0n) is 12.2. The van der Waals surface area contributed by atoms with E-state index in [-0.39, 0.29) is 23.1 Å². The normalized spacial score (nSPS) is 12.1. The molecule has 0 aliphatic carbocycles. The van der Waals surface area contributed by atoms with E-state index in [4.69, 9.17) is 27.9 Å². The van der Waals surface area contributed by atoms with E-state index >= 15 is 0 Å². The lowest BCUT2D eigenvalue weighted by atomic mass is 10.0. The molecule has 0 spiro atoms. The number of carbonyl (C=O) groups excluding carboxylic acids is 1. The Bertz CT molecular complexity index is 655. The van der Waals surface area contributed by atoms with E-state index < -0.39 is 36.8 Å². The number of amides is 1. The number of hydrogen-bond acceptors (Lipinski definition) is 3. The molecule has 1 unspecified atom stereocenters. The van der Waals surface area contributed by atoms with Gasteiger partial charge in [-0.15, -0.1) is 6.42 Å². The van der Waals surface area contributed by atoms with E-state index in [1.165, 1.54) is 18.2 Å². The highest BCUT2D eigenvalue weighted by Crippen LogP contribution is 2.32. The van der Waals surface area contributed by atoms with Gasteiger partial charge in [0.1, 0.15) is 12.4 Å². The lowest BCUT2D eigenvalue weighted by Crippen LogP contribution is -2.30. The van der Waals surface area contributed by atoms with Crippen molar-refractivity contribution >= 4 is 29.2 Å². The summed E-state index contributed by atoms with van der Waals surface area (Å²) in [5.74, 6) is -2.52. The Kier molecular flexibility index (Phi) is 6.92. The number of anilines is 1. The van der Waals surface area contributed by atoms with Gasteiger partial charge in [-0.3, -0.25) is 9.59 Å². The van der Waals surface area contributed by atoms with Gasteiger partial charge in [0.05, 0.1) is 17.4 Å². The fraction of sp³-hybridized carbons (Fsp3) is 0.333. The lowest BCUT2D eigenvalue weighted by molar-refractivity contribution is -0.185. The van der Waals surface area contributed by atoms with Gasteiger partial charge in [-0.1, -0.05) is 17.5 Å². The maximum Gasteiger partial charge on any atom is 0.392 e. The Morgan fingerprint density at radius 1 is 1.38 bits per heavy atom. The van der Waals surface area contributed by atoms with Crippen LogP contribution < -0.4 is 10.1 Å². The molecule has 24 heavy (non-hydrogen) atoms. The van der Waals surface area contributed by atoms with E-state index in [0.717, 1.165) is 0 Å². The van der Waals surface area contributed by atoms with Gasteiger partial charge in [0.15, 0.2) is 0 Å². The van der Waals surface area contributed by atoms with Gasteiger partial charge in [-0.05, 0) is 12.1 Å². The highest BCUT2D eigenvalue weighted by Gasteiger charge is 2.42. The molecule has 9 heteroatoms. The number of ether oxygens (including phenoxy) is 1. The van der Waals surface area contributed by atoms with Crippen LogP contribution in [0.4, 0.5) is 18.9 Å². The summed E-state index contributed by atoms with van der Waals surface area (Å²) in [5.41, 5.74) is 0.146. The first-order valence-corrected chi connectivity index (χ1v) is 6.95. The zero-order chi connectivity index (χ0) is 18.3. The summed E-state index contributed by atoms with van der Waals surface area (Å²) in [6.45, 7) is -0.0775. The third-order valence-corrected chi connectivity index (χ3v) is 3.15. The summed E-state index contributed by atoms with van der Waals surface area (Å²) in [5, 5.41) is 11.0. The number of aliphatic carboxylic acids is 1. The standard InChI is InChI=1S/C15H13ClF3NO4/c1-2-5-24-12-8-10(3-4-11(12)16)20-13(21)6-9(7-14(22)23)15(17,18)19/h1,3-4,8-9H,5-7H2,(H,20,21)(H,22,23).